The summed E-state index contributed by atoms with van der Waals surface area (Å²) < 4.78 is 0.912. The number of fused-ring (bicyclic) bond motifs is 1. The van der Waals surface area contributed by atoms with Gasteiger partial charge in [-0.25, -0.2) is 0 Å². The van der Waals surface area contributed by atoms with Gasteiger partial charge < -0.3 is 20.5 Å². The zero-order chi connectivity index (χ0) is 24.3. The van der Waals surface area contributed by atoms with Crippen molar-refractivity contribution in [2.45, 2.75) is 53.4 Å². The number of nitrogens with one attached hydrogen (secondary N) is 3. The van der Waals surface area contributed by atoms with Crippen LogP contribution in [0.15, 0.2) is 22.7 Å². The van der Waals surface area contributed by atoms with Gasteiger partial charge >= 0.3 is 0 Å². The number of benzene rings is 1. The van der Waals surface area contributed by atoms with Gasteiger partial charge in [-0.2, -0.15) is 0 Å². The summed E-state index contributed by atoms with van der Waals surface area (Å²) in [6.45, 7) is 15.9. The molecule has 1 aliphatic rings. The number of hydrogen-bond acceptors (Lipinski definition) is 3. The topological polar surface area (TPSA) is 77.2 Å². The highest BCUT2D eigenvalue weighted by Crippen LogP contribution is 2.38. The normalized spacial score (nSPS) is 14.5. The number of carbonyl (C=O) groups is 2. The number of halogens is 1. The molecule has 6 nitrogen and oxygen atoms in total. The van der Waals surface area contributed by atoms with Crippen molar-refractivity contribution in [2.24, 2.45) is 0 Å². The molecule has 0 radical (unpaired) electrons. The van der Waals surface area contributed by atoms with E-state index in [9.17, 15) is 9.59 Å². The summed E-state index contributed by atoms with van der Waals surface area (Å²) in [5.74, 6) is 0.0470. The van der Waals surface area contributed by atoms with Crippen LogP contribution < -0.4 is 10.6 Å². The van der Waals surface area contributed by atoms with Gasteiger partial charge in [0.1, 0.15) is 0 Å². The molecule has 2 aromatic rings. The number of carbonyl (C=O) groups excluding carboxylic acids is 2. The van der Waals surface area contributed by atoms with Crippen molar-refractivity contribution in [3.05, 3.63) is 50.8 Å². The van der Waals surface area contributed by atoms with Crippen molar-refractivity contribution in [3.8, 4) is 0 Å². The lowest BCUT2D eigenvalue weighted by molar-refractivity contribution is -0.110. The summed E-state index contributed by atoms with van der Waals surface area (Å²) in [5, 5.41) is 6.05. The van der Waals surface area contributed by atoms with Crippen molar-refractivity contribution in [1.82, 2.24) is 15.2 Å². The van der Waals surface area contributed by atoms with Gasteiger partial charge in [-0.3, -0.25) is 9.59 Å². The van der Waals surface area contributed by atoms with Gasteiger partial charge in [-0.15, -0.1) is 0 Å². The molecule has 0 unspecified atom stereocenters. The van der Waals surface area contributed by atoms with E-state index in [2.05, 4.69) is 78.0 Å². The minimum Gasteiger partial charge on any atom is -0.358 e. The minimum absolute atomic E-state index is 0.0607. The molecule has 2 heterocycles. The molecule has 178 valence electrons. The molecule has 0 aliphatic carbocycles. The summed E-state index contributed by atoms with van der Waals surface area (Å²) in [6, 6.07) is 5.75. The molecule has 1 aliphatic heterocycles. The van der Waals surface area contributed by atoms with Crippen LogP contribution in [0.5, 0.6) is 0 Å². The summed E-state index contributed by atoms with van der Waals surface area (Å²) in [6.07, 6.45) is 1.89. The first kappa shape index (κ1) is 25.2. The van der Waals surface area contributed by atoms with Crippen LogP contribution in [0.1, 0.15) is 86.3 Å². The quantitative estimate of drug-likeness (QED) is 0.381. The summed E-state index contributed by atoms with van der Waals surface area (Å²) in [7, 11) is 0. The molecular formula is C26H35BrN4O2. The zero-order valence-electron chi connectivity index (χ0n) is 20.4. The number of aromatic nitrogens is 1. The van der Waals surface area contributed by atoms with Crippen molar-refractivity contribution in [1.29, 1.82) is 0 Å². The van der Waals surface area contributed by atoms with Gasteiger partial charge in [-0.1, -0.05) is 57.5 Å². The molecule has 0 saturated carbocycles. The lowest BCUT2D eigenvalue weighted by atomic mass is 9.93. The predicted molar refractivity (Wildman–Crippen MR) is 140 cm³/mol. The van der Waals surface area contributed by atoms with Crippen molar-refractivity contribution >= 4 is 45.1 Å². The Morgan fingerprint density at radius 1 is 1.15 bits per heavy atom. The molecule has 3 N–H and O–H groups in total. The summed E-state index contributed by atoms with van der Waals surface area (Å²) >= 11 is 3.50. The highest BCUT2D eigenvalue weighted by Gasteiger charge is 2.29. The Morgan fingerprint density at radius 3 is 2.45 bits per heavy atom. The third kappa shape index (κ3) is 5.41. The average Bonchev–Trinajstić information content (AvgIpc) is 3.29. The maximum absolute atomic E-state index is 13.4. The zero-order valence-corrected chi connectivity index (χ0v) is 22.0. The fraction of sp³-hybridized carbons (Fsp3) is 0.462. The first-order chi connectivity index (χ1) is 15.7. The molecule has 7 heteroatoms. The van der Waals surface area contributed by atoms with E-state index in [1.165, 1.54) is 0 Å². The summed E-state index contributed by atoms with van der Waals surface area (Å²) in [5.41, 5.74) is 5.63. The maximum atomic E-state index is 13.4. The SMILES string of the molecule is CCN(CC)CCNC(=O)c1c(C(C)C)[nH]c(/C=C2\C(=O)Nc3ccc(Br)cc32)c1C(C)C. The molecule has 0 bridgehead atoms. The van der Waals surface area contributed by atoms with Gasteiger partial charge in [0, 0.05) is 40.2 Å². The van der Waals surface area contributed by atoms with E-state index in [1.807, 2.05) is 24.3 Å². The standard InChI is InChI=1S/C26H35BrN4O2/c1-7-31(8-2)12-11-28-26(33)23-22(15(3)4)21(29-24(23)16(5)6)14-19-18-13-17(27)9-10-20(18)30-25(19)32/h9-10,13-16,29H,7-8,11-12H2,1-6H3,(H,28,33)(H,30,32)/b19-14-. The Kier molecular flexibility index (Phi) is 8.19. The molecule has 0 atom stereocenters. The second-order valence-corrected chi connectivity index (χ2v) is 9.95. The average molecular weight is 515 g/mol. The van der Waals surface area contributed by atoms with Crippen LogP contribution in [0.4, 0.5) is 5.69 Å². The van der Waals surface area contributed by atoms with Crippen LogP contribution >= 0.6 is 15.9 Å². The van der Waals surface area contributed by atoms with E-state index >= 15 is 0 Å². The van der Waals surface area contributed by atoms with Gasteiger partial charge in [0.25, 0.3) is 11.8 Å². The Morgan fingerprint density at radius 2 is 1.85 bits per heavy atom. The number of H-pyrrole nitrogens is 1. The van der Waals surface area contributed by atoms with Crippen LogP contribution in [-0.2, 0) is 4.79 Å². The van der Waals surface area contributed by atoms with Crippen molar-refractivity contribution in [3.63, 3.8) is 0 Å². The Labute approximate surface area is 205 Å². The number of anilines is 1. The van der Waals surface area contributed by atoms with Gasteiger partial charge in [0.05, 0.1) is 11.1 Å². The molecular weight excluding hydrogens is 480 g/mol. The number of rotatable bonds is 9. The molecule has 0 spiro atoms. The number of amides is 2. The number of aromatic amines is 1. The van der Waals surface area contributed by atoms with E-state index in [-0.39, 0.29) is 23.7 Å². The van der Waals surface area contributed by atoms with Crippen LogP contribution in [-0.4, -0.2) is 47.9 Å². The molecule has 0 fully saturated rings. The van der Waals surface area contributed by atoms with E-state index < -0.39 is 0 Å². The second-order valence-electron chi connectivity index (χ2n) is 9.04. The molecule has 1 aromatic heterocycles. The molecule has 1 aromatic carbocycles. The maximum Gasteiger partial charge on any atom is 0.256 e. The highest BCUT2D eigenvalue weighted by atomic mass is 79.9. The molecule has 33 heavy (non-hydrogen) atoms. The number of nitrogens with zero attached hydrogens (tertiary/aromatic N) is 1. The highest BCUT2D eigenvalue weighted by molar-refractivity contribution is 9.10. The van der Waals surface area contributed by atoms with Crippen LogP contribution in [0, 0.1) is 0 Å². The smallest absolute Gasteiger partial charge is 0.256 e. The second kappa shape index (κ2) is 10.7. The third-order valence-electron chi connectivity index (χ3n) is 6.14. The lowest BCUT2D eigenvalue weighted by Gasteiger charge is -2.18. The number of hydrogen-bond donors (Lipinski definition) is 3. The monoisotopic (exact) mass is 514 g/mol. The van der Waals surface area contributed by atoms with Crippen LogP contribution in [0.25, 0.3) is 11.6 Å². The van der Waals surface area contributed by atoms with Gasteiger partial charge in [0.15, 0.2) is 0 Å². The predicted octanol–water partition coefficient (Wildman–Crippen LogP) is 5.59. The van der Waals surface area contributed by atoms with Gasteiger partial charge in [-0.05, 0) is 54.8 Å². The fourth-order valence-electron chi connectivity index (χ4n) is 4.35. The van der Waals surface area contributed by atoms with Crippen LogP contribution in [0.2, 0.25) is 0 Å². The third-order valence-corrected chi connectivity index (χ3v) is 6.63. The van der Waals surface area contributed by atoms with Crippen LogP contribution in [0.3, 0.4) is 0 Å². The first-order valence-electron chi connectivity index (χ1n) is 11.8. The Bertz CT molecular complexity index is 1060. The first-order valence-corrected chi connectivity index (χ1v) is 12.6. The lowest BCUT2D eigenvalue weighted by Crippen LogP contribution is -2.35. The van der Waals surface area contributed by atoms with Crippen molar-refractivity contribution in [2.75, 3.05) is 31.5 Å². The molecule has 2 amide bonds. The van der Waals surface area contributed by atoms with E-state index in [4.69, 9.17) is 0 Å². The number of likely N-dealkylation sites (N-methyl/N-ethyl adjacent to an activating group) is 1. The minimum atomic E-state index is -0.135. The largest absolute Gasteiger partial charge is 0.358 e. The Balaban J connectivity index is 2.03. The molecule has 3 rings (SSSR count). The van der Waals surface area contributed by atoms with Gasteiger partial charge in [0.2, 0.25) is 0 Å². The van der Waals surface area contributed by atoms with Crippen molar-refractivity contribution < 1.29 is 9.59 Å². The molecule has 0 saturated heterocycles. The van der Waals surface area contributed by atoms with E-state index in [0.29, 0.717) is 17.7 Å². The van der Waals surface area contributed by atoms with E-state index in [0.717, 1.165) is 52.3 Å². The Hall–Kier alpha value is -2.38. The summed E-state index contributed by atoms with van der Waals surface area (Å²) in [4.78, 5) is 31.9. The van der Waals surface area contributed by atoms with E-state index in [1.54, 1.807) is 0 Å². The fourth-order valence-corrected chi connectivity index (χ4v) is 4.71.